The Morgan fingerprint density at radius 1 is 1.22 bits per heavy atom. The summed E-state index contributed by atoms with van der Waals surface area (Å²) in [7, 11) is -5.75. The van der Waals surface area contributed by atoms with E-state index in [4.69, 9.17) is 3.63 Å². The van der Waals surface area contributed by atoms with Crippen LogP contribution in [0.15, 0.2) is 29.2 Å². The molecule has 0 bridgehead atoms. The van der Waals surface area contributed by atoms with E-state index in [0.29, 0.717) is 11.5 Å². The Hall–Kier alpha value is -0.500. The fourth-order valence-corrected chi connectivity index (χ4v) is 10.2. The van der Waals surface area contributed by atoms with E-state index in [1.807, 2.05) is 20.8 Å². The van der Waals surface area contributed by atoms with Crippen LogP contribution in [0.2, 0.25) is 0 Å². The Morgan fingerprint density at radius 3 is 2.30 bits per heavy atom. The molecule has 0 saturated carbocycles. The van der Waals surface area contributed by atoms with Crippen molar-refractivity contribution in [2.24, 2.45) is 5.92 Å². The van der Waals surface area contributed by atoms with Gasteiger partial charge in [0, 0.05) is 28.9 Å². The Morgan fingerprint density at radius 2 is 1.78 bits per heavy atom. The monoisotopic (exact) mass is 376 g/mol. The van der Waals surface area contributed by atoms with Gasteiger partial charge in [-0.15, -0.1) is 10.3 Å². The van der Waals surface area contributed by atoms with Crippen LogP contribution in [0.3, 0.4) is 0 Å². The van der Waals surface area contributed by atoms with Crippen molar-refractivity contribution in [2.45, 2.75) is 25.7 Å². The SMILES string of the molecule is Cc1ccc(S(=O)(=O)OS2(CC(=O)C(C)C)CCSCC2)cc1. The summed E-state index contributed by atoms with van der Waals surface area (Å²) in [6, 6.07) is 6.65. The number of aryl methyl sites for hydroxylation is 1. The number of hydrogen-bond acceptors (Lipinski definition) is 5. The van der Waals surface area contributed by atoms with Crippen LogP contribution in [0, 0.1) is 12.8 Å². The van der Waals surface area contributed by atoms with E-state index >= 15 is 0 Å². The molecule has 0 aromatic heterocycles. The summed E-state index contributed by atoms with van der Waals surface area (Å²) in [5, 5.41) is 0. The third-order valence-corrected chi connectivity index (χ3v) is 10.7. The molecule has 0 aliphatic carbocycles. The molecule has 130 valence electrons. The third-order valence-electron chi connectivity index (χ3n) is 3.79. The minimum atomic E-state index is -3.83. The summed E-state index contributed by atoms with van der Waals surface area (Å²) in [5.41, 5.74) is 0.995. The first kappa shape index (κ1) is 18.8. The van der Waals surface area contributed by atoms with Gasteiger partial charge in [0.25, 0.3) is 0 Å². The molecule has 4 nitrogen and oxygen atoms in total. The first-order chi connectivity index (χ1) is 10.7. The molecule has 1 aliphatic heterocycles. The number of rotatable bonds is 6. The zero-order chi connectivity index (χ0) is 17.1. The molecule has 23 heavy (non-hydrogen) atoms. The fourth-order valence-electron chi connectivity index (χ4n) is 2.22. The van der Waals surface area contributed by atoms with Gasteiger partial charge in [0.15, 0.2) is 0 Å². The van der Waals surface area contributed by atoms with Gasteiger partial charge in [0.1, 0.15) is 5.78 Å². The van der Waals surface area contributed by atoms with E-state index in [2.05, 4.69) is 0 Å². The highest BCUT2D eigenvalue weighted by atomic mass is 32.3. The normalized spacial score (nSPS) is 19.5. The Labute approximate surface area is 145 Å². The van der Waals surface area contributed by atoms with Crippen LogP contribution in [-0.4, -0.2) is 43.0 Å². The molecule has 0 spiro atoms. The molecule has 1 aromatic carbocycles. The largest absolute Gasteiger partial charge is 0.306 e. The van der Waals surface area contributed by atoms with Crippen molar-refractivity contribution in [3.05, 3.63) is 29.8 Å². The maximum Gasteiger partial charge on any atom is 0.306 e. The minimum absolute atomic E-state index is 0.0889. The maximum atomic E-state index is 12.6. The van der Waals surface area contributed by atoms with Crippen LogP contribution in [0.1, 0.15) is 19.4 Å². The molecule has 1 aromatic rings. The predicted octanol–water partition coefficient (Wildman–Crippen LogP) is 3.39. The number of carbonyl (C=O) groups is 1. The van der Waals surface area contributed by atoms with Gasteiger partial charge in [0.05, 0.1) is 10.6 Å². The van der Waals surface area contributed by atoms with Crippen LogP contribution in [-0.2, 0) is 18.5 Å². The molecule has 0 atom stereocenters. The lowest BCUT2D eigenvalue weighted by molar-refractivity contribution is -0.119. The highest BCUT2D eigenvalue weighted by molar-refractivity contribution is 8.34. The van der Waals surface area contributed by atoms with Crippen LogP contribution >= 0.6 is 22.1 Å². The summed E-state index contributed by atoms with van der Waals surface area (Å²) in [5.74, 6) is 3.28. The van der Waals surface area contributed by atoms with Gasteiger partial charge >= 0.3 is 10.1 Å². The van der Waals surface area contributed by atoms with Gasteiger partial charge in [-0.05, 0) is 19.1 Å². The van der Waals surface area contributed by atoms with Crippen molar-refractivity contribution in [2.75, 3.05) is 28.8 Å². The molecule has 0 amide bonds. The molecule has 0 radical (unpaired) electrons. The summed E-state index contributed by atoms with van der Waals surface area (Å²) in [6.07, 6.45) is 0. The average Bonchev–Trinajstić information content (AvgIpc) is 2.47. The van der Waals surface area contributed by atoms with E-state index in [1.165, 1.54) is 0 Å². The summed E-state index contributed by atoms with van der Waals surface area (Å²) in [4.78, 5) is 12.4. The quantitative estimate of drug-likeness (QED) is 0.761. The fraction of sp³-hybridized carbons (Fsp3) is 0.562. The zero-order valence-electron chi connectivity index (χ0n) is 13.8. The molecular formula is C16H24O4S3. The Kier molecular flexibility index (Phi) is 6.22. The summed E-state index contributed by atoms with van der Waals surface area (Å²) >= 11 is 1.79. The number of ketones is 1. The number of benzene rings is 1. The minimum Gasteiger partial charge on any atom is -0.298 e. The molecular weight excluding hydrogens is 352 g/mol. The lowest BCUT2D eigenvalue weighted by atomic mass is 10.1. The van der Waals surface area contributed by atoms with E-state index in [1.54, 1.807) is 36.0 Å². The topological polar surface area (TPSA) is 60.4 Å². The number of Topliss-reactive ketones (excluding diaryl/α,β-unsaturated/α-hetero) is 1. The highest BCUT2D eigenvalue weighted by Crippen LogP contribution is 2.54. The second kappa shape index (κ2) is 7.59. The van der Waals surface area contributed by atoms with Crippen LogP contribution in [0.5, 0.6) is 0 Å². The van der Waals surface area contributed by atoms with Crippen molar-refractivity contribution in [1.82, 2.24) is 0 Å². The van der Waals surface area contributed by atoms with Gasteiger partial charge in [-0.25, -0.2) is 3.63 Å². The lowest BCUT2D eigenvalue weighted by Gasteiger charge is -2.40. The number of carbonyl (C=O) groups excluding carboxylic acids is 1. The second-order valence-corrected chi connectivity index (χ2v) is 12.3. The third kappa shape index (κ3) is 4.98. The second-order valence-electron chi connectivity index (χ2n) is 6.09. The summed E-state index contributed by atoms with van der Waals surface area (Å²) < 4.78 is 31.0. The van der Waals surface area contributed by atoms with Crippen molar-refractivity contribution >= 4 is 38.0 Å². The highest BCUT2D eigenvalue weighted by Gasteiger charge is 2.36. The van der Waals surface area contributed by atoms with Crippen molar-refractivity contribution in [3.8, 4) is 0 Å². The van der Waals surface area contributed by atoms with E-state index in [-0.39, 0.29) is 22.3 Å². The number of thioether (sulfide) groups is 1. The van der Waals surface area contributed by atoms with Gasteiger partial charge in [-0.1, -0.05) is 31.5 Å². The van der Waals surface area contributed by atoms with E-state index < -0.39 is 20.4 Å². The summed E-state index contributed by atoms with van der Waals surface area (Å²) in [6.45, 7) is 5.60. The standard InChI is InChI=1S/C16H24O4S3/c1-13(2)16(17)12-22(10-8-21-9-11-22)20-23(18,19)15-6-4-14(3)5-7-15/h4-7,13H,8-12H2,1-3H3. The van der Waals surface area contributed by atoms with Crippen molar-refractivity contribution in [1.29, 1.82) is 0 Å². The average molecular weight is 377 g/mol. The lowest BCUT2D eigenvalue weighted by Crippen LogP contribution is -2.30. The zero-order valence-corrected chi connectivity index (χ0v) is 16.2. The molecule has 1 aliphatic rings. The first-order valence-electron chi connectivity index (χ1n) is 7.64. The Bertz CT molecular complexity index is 644. The van der Waals surface area contributed by atoms with Gasteiger partial charge < -0.3 is 0 Å². The molecule has 2 rings (SSSR count). The van der Waals surface area contributed by atoms with E-state index in [0.717, 1.165) is 17.1 Å². The van der Waals surface area contributed by atoms with Crippen molar-refractivity contribution in [3.63, 3.8) is 0 Å². The van der Waals surface area contributed by atoms with Gasteiger partial charge in [0.2, 0.25) is 0 Å². The molecule has 0 unspecified atom stereocenters. The van der Waals surface area contributed by atoms with Crippen LogP contribution < -0.4 is 0 Å². The molecule has 0 N–H and O–H groups in total. The van der Waals surface area contributed by atoms with Crippen LogP contribution in [0.25, 0.3) is 0 Å². The van der Waals surface area contributed by atoms with E-state index in [9.17, 15) is 13.2 Å². The van der Waals surface area contributed by atoms with Crippen LogP contribution in [0.4, 0.5) is 0 Å². The molecule has 1 heterocycles. The predicted molar refractivity (Wildman–Crippen MR) is 98.8 cm³/mol. The smallest absolute Gasteiger partial charge is 0.298 e. The number of hydrogen-bond donors (Lipinski definition) is 0. The Balaban J connectivity index is 2.26. The first-order valence-corrected chi connectivity index (χ1v) is 12.3. The van der Waals surface area contributed by atoms with Crippen molar-refractivity contribution < 1.29 is 16.8 Å². The molecule has 1 saturated heterocycles. The maximum absolute atomic E-state index is 12.6. The molecule has 1 fully saturated rings. The van der Waals surface area contributed by atoms with Gasteiger partial charge in [-0.3, -0.25) is 4.79 Å². The van der Waals surface area contributed by atoms with Gasteiger partial charge in [-0.2, -0.15) is 20.2 Å². The molecule has 7 heteroatoms.